The maximum Gasteiger partial charge on any atom is 0.123 e. The molecule has 0 atom stereocenters. The second-order valence-electron chi connectivity index (χ2n) is 6.22. The fourth-order valence-corrected chi connectivity index (χ4v) is 1.99. The molecule has 0 heterocycles. The monoisotopic (exact) mass is 263 g/mol. The van der Waals surface area contributed by atoms with Gasteiger partial charge in [-0.3, -0.25) is 0 Å². The smallest absolute Gasteiger partial charge is 0.123 e. The zero-order valence-corrected chi connectivity index (χ0v) is 13.3. The summed E-state index contributed by atoms with van der Waals surface area (Å²) in [6.45, 7) is 14.9. The first-order valence-electron chi connectivity index (χ1n) is 7.36. The van der Waals surface area contributed by atoms with E-state index < -0.39 is 0 Å². The molecular formula is C17H29NO. The summed E-state index contributed by atoms with van der Waals surface area (Å²) in [7, 11) is 0. The molecule has 0 aromatic heterocycles. The first-order valence-corrected chi connectivity index (χ1v) is 7.36. The third-order valence-corrected chi connectivity index (χ3v) is 3.24. The van der Waals surface area contributed by atoms with Crippen LogP contribution in [-0.4, -0.2) is 18.7 Å². The number of ether oxygens (including phenoxy) is 1. The topological polar surface area (TPSA) is 21.3 Å². The summed E-state index contributed by atoms with van der Waals surface area (Å²) in [6, 6.07) is 6.52. The summed E-state index contributed by atoms with van der Waals surface area (Å²) in [5, 5.41) is 3.43. The molecule has 1 rings (SSSR count). The van der Waals surface area contributed by atoms with E-state index in [4.69, 9.17) is 4.74 Å². The van der Waals surface area contributed by atoms with Crippen molar-refractivity contribution in [2.45, 2.75) is 59.5 Å². The molecule has 0 aliphatic rings. The van der Waals surface area contributed by atoms with Crippen molar-refractivity contribution in [2.24, 2.45) is 0 Å². The van der Waals surface area contributed by atoms with Gasteiger partial charge in [-0.25, -0.2) is 0 Å². The average Bonchev–Trinajstić information content (AvgIpc) is 2.31. The van der Waals surface area contributed by atoms with Gasteiger partial charge in [0, 0.05) is 6.54 Å². The predicted octanol–water partition coefficient (Wildman–Crippen LogP) is 4.28. The van der Waals surface area contributed by atoms with Crippen LogP contribution in [0.3, 0.4) is 0 Å². The van der Waals surface area contributed by atoms with E-state index in [1.165, 1.54) is 11.1 Å². The van der Waals surface area contributed by atoms with E-state index in [0.717, 1.165) is 25.3 Å². The molecule has 2 heteroatoms. The summed E-state index contributed by atoms with van der Waals surface area (Å²) in [6.07, 6.45) is 1.15. The number of hydrogen-bond donors (Lipinski definition) is 1. The van der Waals surface area contributed by atoms with Gasteiger partial charge in [0.2, 0.25) is 0 Å². The molecule has 0 saturated heterocycles. The van der Waals surface area contributed by atoms with Gasteiger partial charge in [-0.05, 0) is 56.8 Å². The van der Waals surface area contributed by atoms with E-state index in [9.17, 15) is 0 Å². The largest absolute Gasteiger partial charge is 0.486 e. The minimum Gasteiger partial charge on any atom is -0.486 e. The molecule has 0 aliphatic heterocycles. The summed E-state index contributed by atoms with van der Waals surface area (Å²) >= 11 is 0. The standard InChI is InChI=1S/C17H29NO/c1-7-10-18-12-17(5,6)19-16-11-15(13(2)3)9-8-14(16)4/h8-9,11,13,18H,7,10,12H2,1-6H3. The SMILES string of the molecule is CCCNCC(C)(C)Oc1cc(C(C)C)ccc1C. The Morgan fingerprint density at radius 2 is 1.95 bits per heavy atom. The van der Waals surface area contributed by atoms with Crippen molar-refractivity contribution in [1.82, 2.24) is 5.32 Å². The molecule has 1 aromatic rings. The molecule has 2 nitrogen and oxygen atoms in total. The molecule has 108 valence electrons. The minimum absolute atomic E-state index is 0.185. The van der Waals surface area contributed by atoms with Gasteiger partial charge in [0.15, 0.2) is 0 Å². The molecule has 19 heavy (non-hydrogen) atoms. The highest BCUT2D eigenvalue weighted by Gasteiger charge is 2.20. The summed E-state index contributed by atoms with van der Waals surface area (Å²) in [4.78, 5) is 0. The maximum absolute atomic E-state index is 6.21. The Morgan fingerprint density at radius 3 is 2.53 bits per heavy atom. The Morgan fingerprint density at radius 1 is 1.26 bits per heavy atom. The highest BCUT2D eigenvalue weighted by atomic mass is 16.5. The Bertz CT molecular complexity index is 396. The van der Waals surface area contributed by atoms with Crippen LogP contribution in [-0.2, 0) is 0 Å². The van der Waals surface area contributed by atoms with Crippen molar-refractivity contribution in [3.05, 3.63) is 29.3 Å². The van der Waals surface area contributed by atoms with E-state index in [1.54, 1.807) is 0 Å². The number of aryl methyl sites for hydroxylation is 1. The van der Waals surface area contributed by atoms with Crippen LogP contribution in [0.5, 0.6) is 5.75 Å². The van der Waals surface area contributed by atoms with Gasteiger partial charge in [0.1, 0.15) is 11.4 Å². The number of nitrogens with one attached hydrogen (secondary N) is 1. The minimum atomic E-state index is -0.185. The molecule has 0 radical (unpaired) electrons. The van der Waals surface area contributed by atoms with E-state index in [-0.39, 0.29) is 5.60 Å². The molecule has 0 bridgehead atoms. The number of benzene rings is 1. The van der Waals surface area contributed by atoms with Gasteiger partial charge in [-0.15, -0.1) is 0 Å². The van der Waals surface area contributed by atoms with Crippen LogP contribution in [0, 0.1) is 6.92 Å². The zero-order chi connectivity index (χ0) is 14.5. The third-order valence-electron chi connectivity index (χ3n) is 3.24. The first-order chi connectivity index (χ1) is 8.85. The normalized spacial score (nSPS) is 11.9. The Balaban J connectivity index is 2.76. The Hall–Kier alpha value is -1.02. The van der Waals surface area contributed by atoms with Crippen LogP contribution < -0.4 is 10.1 Å². The molecule has 0 spiro atoms. The summed E-state index contributed by atoms with van der Waals surface area (Å²) < 4.78 is 6.21. The van der Waals surface area contributed by atoms with Crippen LogP contribution in [0.15, 0.2) is 18.2 Å². The van der Waals surface area contributed by atoms with Crippen molar-refractivity contribution in [3.8, 4) is 5.75 Å². The molecule has 0 unspecified atom stereocenters. The molecule has 0 amide bonds. The molecule has 1 aromatic carbocycles. The average molecular weight is 263 g/mol. The van der Waals surface area contributed by atoms with Gasteiger partial charge in [-0.2, -0.15) is 0 Å². The second-order valence-corrected chi connectivity index (χ2v) is 6.22. The lowest BCUT2D eigenvalue weighted by atomic mass is 10.0. The fourth-order valence-electron chi connectivity index (χ4n) is 1.99. The van der Waals surface area contributed by atoms with Crippen molar-refractivity contribution in [3.63, 3.8) is 0 Å². The van der Waals surface area contributed by atoms with Crippen molar-refractivity contribution >= 4 is 0 Å². The van der Waals surface area contributed by atoms with Gasteiger partial charge < -0.3 is 10.1 Å². The fraction of sp³-hybridized carbons (Fsp3) is 0.647. The molecular weight excluding hydrogens is 234 g/mol. The number of rotatable bonds is 7. The third kappa shape index (κ3) is 5.23. The lowest BCUT2D eigenvalue weighted by Gasteiger charge is -2.28. The van der Waals surface area contributed by atoms with E-state index in [1.807, 2.05) is 0 Å². The van der Waals surface area contributed by atoms with E-state index in [0.29, 0.717) is 5.92 Å². The van der Waals surface area contributed by atoms with E-state index in [2.05, 4.69) is 65.1 Å². The molecule has 0 aliphatic carbocycles. The Kier molecular flexibility index (Phi) is 5.86. The number of hydrogen-bond acceptors (Lipinski definition) is 2. The van der Waals surface area contributed by atoms with Gasteiger partial charge in [0.05, 0.1) is 0 Å². The lowest BCUT2D eigenvalue weighted by molar-refractivity contribution is 0.107. The Labute approximate surface area is 118 Å². The second kappa shape index (κ2) is 6.95. The van der Waals surface area contributed by atoms with Crippen molar-refractivity contribution in [1.29, 1.82) is 0 Å². The van der Waals surface area contributed by atoms with Crippen LogP contribution >= 0.6 is 0 Å². The van der Waals surface area contributed by atoms with Crippen LogP contribution in [0.1, 0.15) is 58.1 Å². The van der Waals surface area contributed by atoms with Gasteiger partial charge in [-0.1, -0.05) is 32.9 Å². The van der Waals surface area contributed by atoms with Gasteiger partial charge >= 0.3 is 0 Å². The quantitative estimate of drug-likeness (QED) is 0.742. The zero-order valence-electron chi connectivity index (χ0n) is 13.3. The van der Waals surface area contributed by atoms with Crippen molar-refractivity contribution < 1.29 is 4.74 Å². The highest BCUT2D eigenvalue weighted by molar-refractivity contribution is 5.38. The summed E-state index contributed by atoms with van der Waals surface area (Å²) in [5.41, 5.74) is 2.35. The van der Waals surface area contributed by atoms with Crippen LogP contribution in [0.25, 0.3) is 0 Å². The van der Waals surface area contributed by atoms with Crippen LogP contribution in [0.2, 0.25) is 0 Å². The van der Waals surface area contributed by atoms with E-state index >= 15 is 0 Å². The highest BCUT2D eigenvalue weighted by Crippen LogP contribution is 2.27. The van der Waals surface area contributed by atoms with Crippen LogP contribution in [0.4, 0.5) is 0 Å². The van der Waals surface area contributed by atoms with Crippen molar-refractivity contribution in [2.75, 3.05) is 13.1 Å². The van der Waals surface area contributed by atoms with Gasteiger partial charge in [0.25, 0.3) is 0 Å². The first kappa shape index (κ1) is 16.0. The molecule has 0 fully saturated rings. The maximum atomic E-state index is 6.21. The lowest BCUT2D eigenvalue weighted by Crippen LogP contribution is -2.40. The molecule has 1 N–H and O–H groups in total. The predicted molar refractivity (Wildman–Crippen MR) is 83.1 cm³/mol. The molecule has 0 saturated carbocycles. The summed E-state index contributed by atoms with van der Waals surface area (Å²) in [5.74, 6) is 1.54.